The molecule has 0 aliphatic rings. The summed E-state index contributed by atoms with van der Waals surface area (Å²) >= 11 is 5.99. The van der Waals surface area contributed by atoms with Gasteiger partial charge in [0, 0.05) is 17.3 Å². The van der Waals surface area contributed by atoms with Crippen LogP contribution < -0.4 is 14.8 Å². The first-order valence-corrected chi connectivity index (χ1v) is 10.2. The first kappa shape index (κ1) is 24.3. The van der Waals surface area contributed by atoms with Crippen LogP contribution in [-0.2, 0) is 9.53 Å². The number of nitrogens with zero attached hydrogens (tertiary/aromatic N) is 1. The van der Waals surface area contributed by atoms with Crippen molar-refractivity contribution in [3.05, 3.63) is 47.2 Å². The number of rotatable bonds is 9. The van der Waals surface area contributed by atoms with Crippen LogP contribution in [0.1, 0.15) is 38.2 Å². The number of esters is 1. The van der Waals surface area contributed by atoms with Gasteiger partial charge in [0.2, 0.25) is 0 Å². The normalized spacial score (nSPS) is 13.8. The van der Waals surface area contributed by atoms with Crippen molar-refractivity contribution in [2.24, 2.45) is 5.92 Å². The summed E-state index contributed by atoms with van der Waals surface area (Å²) in [6.07, 6.45) is 0.281. The van der Waals surface area contributed by atoms with Crippen LogP contribution >= 0.6 is 11.6 Å². The van der Waals surface area contributed by atoms with Gasteiger partial charge in [0.15, 0.2) is 17.2 Å². The number of aromatic nitrogens is 1. The lowest BCUT2D eigenvalue weighted by atomic mass is 10.0. The number of halogens is 1. The van der Waals surface area contributed by atoms with Gasteiger partial charge < -0.3 is 24.6 Å². The Hall–Kier alpha value is -3.00. The van der Waals surface area contributed by atoms with Crippen LogP contribution in [0.4, 0.5) is 0 Å². The largest absolute Gasteiger partial charge is 0.503 e. The van der Waals surface area contributed by atoms with Crippen LogP contribution in [0.15, 0.2) is 36.5 Å². The third-order valence-corrected chi connectivity index (χ3v) is 4.75. The first-order valence-electron chi connectivity index (χ1n) is 9.79. The molecule has 8 nitrogen and oxygen atoms in total. The standard InChI is InChI=1S/C22H27ClN2O6/c1-12(2)20(14(4)30-16-8-6-7-15(23)11-16)31-22(28)13(3)25-21(27)18-19(26)17(29-5)9-10-24-18/h6-14,20,26H,1-5H3,(H,25,27)/t13-,14-,20+/m0/s1. The topological polar surface area (TPSA) is 107 Å². The van der Waals surface area contributed by atoms with Gasteiger partial charge in [0.1, 0.15) is 24.0 Å². The van der Waals surface area contributed by atoms with Crippen LogP contribution in [0, 0.1) is 5.92 Å². The lowest BCUT2D eigenvalue weighted by molar-refractivity contribution is -0.158. The lowest BCUT2D eigenvalue weighted by Gasteiger charge is -2.29. The van der Waals surface area contributed by atoms with Crippen LogP contribution in [0.25, 0.3) is 0 Å². The van der Waals surface area contributed by atoms with E-state index >= 15 is 0 Å². The number of hydrogen-bond acceptors (Lipinski definition) is 7. The second-order valence-electron chi connectivity index (χ2n) is 7.33. The van der Waals surface area contributed by atoms with Crippen molar-refractivity contribution in [3.8, 4) is 17.2 Å². The minimum Gasteiger partial charge on any atom is -0.503 e. The van der Waals surface area contributed by atoms with Crippen molar-refractivity contribution >= 4 is 23.5 Å². The number of methoxy groups -OCH3 is 1. The lowest BCUT2D eigenvalue weighted by Crippen LogP contribution is -2.45. The zero-order valence-corrected chi connectivity index (χ0v) is 18.8. The molecule has 9 heteroatoms. The SMILES string of the molecule is COc1ccnc(C(=O)N[C@@H](C)C(=O)O[C@H](C(C)C)[C@H](C)Oc2cccc(Cl)c2)c1O. The maximum absolute atomic E-state index is 12.6. The predicted octanol–water partition coefficient (Wildman–Crippen LogP) is 3.60. The highest BCUT2D eigenvalue weighted by atomic mass is 35.5. The second kappa shape index (κ2) is 10.9. The molecule has 0 bridgehead atoms. The van der Waals surface area contributed by atoms with Crippen molar-refractivity contribution in [1.29, 1.82) is 0 Å². The van der Waals surface area contributed by atoms with Gasteiger partial charge in [-0.3, -0.25) is 4.79 Å². The second-order valence-corrected chi connectivity index (χ2v) is 7.77. The van der Waals surface area contributed by atoms with Gasteiger partial charge in [0.25, 0.3) is 5.91 Å². The summed E-state index contributed by atoms with van der Waals surface area (Å²) in [4.78, 5) is 28.9. The van der Waals surface area contributed by atoms with E-state index in [2.05, 4.69) is 10.3 Å². The molecule has 0 aliphatic heterocycles. The van der Waals surface area contributed by atoms with Crippen LogP contribution in [0.3, 0.4) is 0 Å². The number of hydrogen-bond donors (Lipinski definition) is 2. The van der Waals surface area contributed by atoms with E-state index in [9.17, 15) is 14.7 Å². The molecule has 0 spiro atoms. The molecule has 1 aromatic carbocycles. The summed E-state index contributed by atoms with van der Waals surface area (Å²) in [5.74, 6) is -1.18. The van der Waals surface area contributed by atoms with E-state index in [1.807, 2.05) is 13.8 Å². The van der Waals surface area contributed by atoms with Crippen LogP contribution in [0.5, 0.6) is 17.2 Å². The highest BCUT2D eigenvalue weighted by Gasteiger charge is 2.30. The summed E-state index contributed by atoms with van der Waals surface area (Å²) in [6.45, 7) is 7.08. The van der Waals surface area contributed by atoms with E-state index < -0.39 is 35.9 Å². The molecule has 31 heavy (non-hydrogen) atoms. The fraction of sp³-hybridized carbons (Fsp3) is 0.409. The number of amides is 1. The van der Waals surface area contributed by atoms with E-state index in [-0.39, 0.29) is 17.4 Å². The zero-order valence-electron chi connectivity index (χ0n) is 18.1. The minimum atomic E-state index is -0.987. The molecule has 0 saturated carbocycles. The zero-order chi connectivity index (χ0) is 23.1. The first-order chi connectivity index (χ1) is 14.6. The Labute approximate surface area is 186 Å². The Morgan fingerprint density at radius 1 is 1.16 bits per heavy atom. The molecule has 3 atom stereocenters. The summed E-state index contributed by atoms with van der Waals surface area (Å²) in [6, 6.07) is 7.36. The predicted molar refractivity (Wildman–Crippen MR) is 116 cm³/mol. The van der Waals surface area contributed by atoms with Crippen molar-refractivity contribution in [1.82, 2.24) is 10.3 Å². The third-order valence-electron chi connectivity index (χ3n) is 4.51. The van der Waals surface area contributed by atoms with E-state index in [0.29, 0.717) is 10.8 Å². The average molecular weight is 451 g/mol. The average Bonchev–Trinajstić information content (AvgIpc) is 2.71. The minimum absolute atomic E-state index is 0.0508. The molecule has 0 saturated heterocycles. The smallest absolute Gasteiger partial charge is 0.328 e. The van der Waals surface area contributed by atoms with Crippen molar-refractivity contribution in [3.63, 3.8) is 0 Å². The van der Waals surface area contributed by atoms with E-state index in [1.165, 1.54) is 26.3 Å². The maximum Gasteiger partial charge on any atom is 0.328 e. The molecule has 0 unspecified atom stereocenters. The molecule has 0 aliphatic carbocycles. The highest BCUT2D eigenvalue weighted by Crippen LogP contribution is 2.27. The third kappa shape index (κ3) is 6.49. The Morgan fingerprint density at radius 3 is 2.48 bits per heavy atom. The van der Waals surface area contributed by atoms with Gasteiger partial charge in [-0.15, -0.1) is 0 Å². The van der Waals surface area contributed by atoms with Crippen LogP contribution in [-0.4, -0.2) is 47.3 Å². The quantitative estimate of drug-likeness (QED) is 0.562. The van der Waals surface area contributed by atoms with E-state index in [1.54, 1.807) is 31.2 Å². The molecular weight excluding hydrogens is 424 g/mol. The van der Waals surface area contributed by atoms with Crippen molar-refractivity contribution in [2.45, 2.75) is 45.9 Å². The van der Waals surface area contributed by atoms with Gasteiger partial charge in [-0.05, 0) is 38.0 Å². The number of benzene rings is 1. The fourth-order valence-corrected chi connectivity index (χ4v) is 3.10. The number of carbonyl (C=O) groups excluding carboxylic acids is 2. The number of nitrogens with one attached hydrogen (secondary N) is 1. The van der Waals surface area contributed by atoms with Gasteiger partial charge in [0.05, 0.1) is 7.11 Å². The molecule has 1 amide bonds. The number of aromatic hydroxyl groups is 1. The summed E-state index contributed by atoms with van der Waals surface area (Å²) < 4.78 is 16.5. The number of pyridine rings is 1. The Bertz CT molecular complexity index is 921. The maximum atomic E-state index is 12.6. The summed E-state index contributed by atoms with van der Waals surface area (Å²) in [5.41, 5.74) is -0.253. The molecule has 2 aromatic rings. The van der Waals surface area contributed by atoms with E-state index in [4.69, 9.17) is 25.8 Å². The monoisotopic (exact) mass is 450 g/mol. The Kier molecular flexibility index (Phi) is 8.50. The van der Waals surface area contributed by atoms with Crippen molar-refractivity contribution in [2.75, 3.05) is 7.11 Å². The molecule has 1 aromatic heterocycles. The molecule has 0 radical (unpaired) electrons. The molecular formula is C22H27ClN2O6. The molecule has 1 heterocycles. The van der Waals surface area contributed by atoms with Gasteiger partial charge in [-0.2, -0.15) is 0 Å². The fourth-order valence-electron chi connectivity index (χ4n) is 2.92. The highest BCUT2D eigenvalue weighted by molar-refractivity contribution is 6.30. The molecule has 2 N–H and O–H groups in total. The molecule has 2 rings (SSSR count). The number of carbonyl (C=O) groups is 2. The Balaban J connectivity index is 2.04. The number of ether oxygens (including phenoxy) is 3. The van der Waals surface area contributed by atoms with Gasteiger partial charge in [-0.25, -0.2) is 9.78 Å². The Morgan fingerprint density at radius 2 is 1.87 bits per heavy atom. The van der Waals surface area contributed by atoms with Gasteiger partial charge >= 0.3 is 5.97 Å². The van der Waals surface area contributed by atoms with Crippen LogP contribution in [0.2, 0.25) is 5.02 Å². The molecule has 0 fully saturated rings. The summed E-state index contributed by atoms with van der Waals surface area (Å²) in [5, 5.41) is 13.1. The van der Waals surface area contributed by atoms with Gasteiger partial charge in [-0.1, -0.05) is 31.5 Å². The molecule has 168 valence electrons. The van der Waals surface area contributed by atoms with Crippen molar-refractivity contribution < 1.29 is 28.9 Å². The van der Waals surface area contributed by atoms with E-state index in [0.717, 1.165) is 0 Å². The summed E-state index contributed by atoms with van der Waals surface area (Å²) in [7, 11) is 1.36.